The molecule has 11 heteroatoms. The molecule has 184 valence electrons. The Morgan fingerprint density at radius 2 is 1.57 bits per heavy atom. The summed E-state index contributed by atoms with van der Waals surface area (Å²) in [4.78, 5) is 12.4. The smallest absolute Gasteiger partial charge is 0.261 e. The number of methoxy groups -OCH3 is 3. The summed E-state index contributed by atoms with van der Waals surface area (Å²) in [5.74, 6) is 0.888. The maximum Gasteiger partial charge on any atom is 0.261 e. The second kappa shape index (κ2) is 11.4. The van der Waals surface area contributed by atoms with Gasteiger partial charge in [-0.1, -0.05) is 23.2 Å². The molecule has 3 rings (SSSR count). The van der Waals surface area contributed by atoms with Crippen LogP contribution in [0.1, 0.15) is 5.56 Å². The van der Waals surface area contributed by atoms with E-state index in [1.54, 1.807) is 18.2 Å². The van der Waals surface area contributed by atoms with Crippen LogP contribution in [0.25, 0.3) is 6.08 Å². The van der Waals surface area contributed by atoms with Crippen molar-refractivity contribution in [3.63, 3.8) is 0 Å². The van der Waals surface area contributed by atoms with Crippen molar-refractivity contribution < 1.29 is 27.4 Å². The van der Waals surface area contributed by atoms with E-state index in [-0.39, 0.29) is 15.6 Å². The molecule has 0 saturated heterocycles. The first-order valence-corrected chi connectivity index (χ1v) is 12.3. The van der Waals surface area contributed by atoms with Gasteiger partial charge in [0.1, 0.15) is 0 Å². The van der Waals surface area contributed by atoms with E-state index in [4.69, 9.17) is 37.4 Å². The van der Waals surface area contributed by atoms with Crippen LogP contribution in [0.3, 0.4) is 0 Å². The Morgan fingerprint density at radius 1 is 0.886 bits per heavy atom. The number of carbonyl (C=O) groups excluding carboxylic acids is 1. The zero-order chi connectivity index (χ0) is 25.6. The molecule has 1 amide bonds. The third-order valence-corrected chi connectivity index (χ3v) is 6.69. The molecule has 3 aromatic rings. The molecule has 0 spiro atoms. The Labute approximate surface area is 213 Å². The lowest BCUT2D eigenvalue weighted by molar-refractivity contribution is -0.111. The summed E-state index contributed by atoms with van der Waals surface area (Å²) in [5, 5.41) is 3.23. The highest BCUT2D eigenvalue weighted by atomic mass is 35.5. The third kappa shape index (κ3) is 6.39. The molecule has 3 aromatic carbocycles. The van der Waals surface area contributed by atoms with Gasteiger partial charge < -0.3 is 19.5 Å². The fourth-order valence-corrected chi connectivity index (χ4v) is 4.69. The van der Waals surface area contributed by atoms with Crippen LogP contribution < -0.4 is 24.2 Å². The van der Waals surface area contributed by atoms with Crippen molar-refractivity contribution in [1.29, 1.82) is 0 Å². The lowest BCUT2D eigenvalue weighted by Crippen LogP contribution is -2.13. The van der Waals surface area contributed by atoms with E-state index in [1.807, 2.05) is 0 Å². The van der Waals surface area contributed by atoms with Gasteiger partial charge in [0.05, 0.1) is 36.9 Å². The zero-order valence-electron chi connectivity index (χ0n) is 19.0. The molecule has 0 aromatic heterocycles. The van der Waals surface area contributed by atoms with Gasteiger partial charge in [-0.25, -0.2) is 8.42 Å². The Balaban J connectivity index is 1.71. The number of hydrogen-bond acceptors (Lipinski definition) is 6. The minimum Gasteiger partial charge on any atom is -0.493 e. The monoisotopic (exact) mass is 536 g/mol. The summed E-state index contributed by atoms with van der Waals surface area (Å²) in [6.45, 7) is 0. The predicted octanol–water partition coefficient (Wildman–Crippen LogP) is 5.47. The molecular formula is C24H22Cl2N2O6S. The van der Waals surface area contributed by atoms with Crippen molar-refractivity contribution in [2.24, 2.45) is 0 Å². The lowest BCUT2D eigenvalue weighted by atomic mass is 10.1. The molecule has 2 N–H and O–H groups in total. The standard InChI is InChI=1S/C24H22Cl2N2O6S/c1-32-21-12-4-15(23(33-2)24(21)34-3)5-13-22(29)27-17-7-9-18(10-8-17)35(30,31)28-20-11-6-16(25)14-19(20)26/h4-14,28H,1-3H3,(H,27,29). The molecule has 8 nitrogen and oxygen atoms in total. The Kier molecular flexibility index (Phi) is 8.50. The molecule has 0 bridgehead atoms. The highest BCUT2D eigenvalue weighted by Gasteiger charge is 2.17. The average Bonchev–Trinajstić information content (AvgIpc) is 2.84. The Bertz CT molecular complexity index is 1360. The molecule has 0 aliphatic carbocycles. The summed E-state index contributed by atoms with van der Waals surface area (Å²) < 4.78 is 43.7. The number of rotatable bonds is 9. The Morgan fingerprint density at radius 3 is 2.17 bits per heavy atom. The molecular weight excluding hydrogens is 515 g/mol. The van der Waals surface area contributed by atoms with Crippen LogP contribution in [0.5, 0.6) is 17.2 Å². The SMILES string of the molecule is COc1ccc(C=CC(=O)Nc2ccc(S(=O)(=O)Nc3ccc(Cl)cc3Cl)cc2)c(OC)c1OC. The van der Waals surface area contributed by atoms with Gasteiger partial charge in [-0.3, -0.25) is 9.52 Å². The molecule has 0 unspecified atom stereocenters. The van der Waals surface area contributed by atoms with Gasteiger partial charge in [0.25, 0.3) is 10.0 Å². The summed E-state index contributed by atoms with van der Waals surface area (Å²) in [6.07, 6.45) is 2.88. The van der Waals surface area contributed by atoms with E-state index in [0.29, 0.717) is 33.5 Å². The van der Waals surface area contributed by atoms with Crippen molar-refractivity contribution in [2.45, 2.75) is 4.90 Å². The van der Waals surface area contributed by atoms with Crippen LogP contribution in [-0.2, 0) is 14.8 Å². The minimum atomic E-state index is -3.90. The van der Waals surface area contributed by atoms with E-state index in [2.05, 4.69) is 10.0 Å². The minimum absolute atomic E-state index is 0.00729. The topological polar surface area (TPSA) is 103 Å². The normalized spacial score (nSPS) is 11.2. The van der Waals surface area contributed by atoms with Gasteiger partial charge in [0.2, 0.25) is 11.7 Å². The lowest BCUT2D eigenvalue weighted by Gasteiger charge is -2.14. The van der Waals surface area contributed by atoms with Gasteiger partial charge in [-0.05, 0) is 60.7 Å². The maximum absolute atomic E-state index is 12.7. The number of benzene rings is 3. The van der Waals surface area contributed by atoms with Crippen LogP contribution in [0.4, 0.5) is 11.4 Å². The summed E-state index contributed by atoms with van der Waals surface area (Å²) >= 11 is 11.9. The number of carbonyl (C=O) groups is 1. The van der Waals surface area contributed by atoms with Gasteiger partial charge in [-0.2, -0.15) is 0 Å². The zero-order valence-corrected chi connectivity index (χ0v) is 21.3. The first-order valence-electron chi connectivity index (χ1n) is 10.0. The van der Waals surface area contributed by atoms with E-state index >= 15 is 0 Å². The Hall–Kier alpha value is -3.40. The van der Waals surface area contributed by atoms with Crippen molar-refractivity contribution in [2.75, 3.05) is 31.4 Å². The van der Waals surface area contributed by atoms with Crippen molar-refractivity contribution >= 4 is 56.6 Å². The summed E-state index contributed by atoms with van der Waals surface area (Å²) in [7, 11) is 0.589. The van der Waals surface area contributed by atoms with Gasteiger partial charge in [0, 0.05) is 22.3 Å². The van der Waals surface area contributed by atoms with Gasteiger partial charge in [0.15, 0.2) is 11.5 Å². The van der Waals surface area contributed by atoms with Crippen molar-refractivity contribution in [3.8, 4) is 17.2 Å². The van der Waals surface area contributed by atoms with E-state index in [0.717, 1.165) is 0 Å². The van der Waals surface area contributed by atoms with Crippen LogP contribution in [0.2, 0.25) is 10.0 Å². The van der Waals surface area contributed by atoms with Gasteiger partial charge >= 0.3 is 0 Å². The number of hydrogen-bond donors (Lipinski definition) is 2. The number of sulfonamides is 1. The fraction of sp³-hybridized carbons (Fsp3) is 0.125. The highest BCUT2D eigenvalue weighted by molar-refractivity contribution is 7.92. The number of halogens is 2. The molecule has 35 heavy (non-hydrogen) atoms. The van der Waals surface area contributed by atoms with Gasteiger partial charge in [-0.15, -0.1) is 0 Å². The van der Waals surface area contributed by atoms with Crippen molar-refractivity contribution in [3.05, 3.63) is 76.3 Å². The first-order chi connectivity index (χ1) is 16.7. The third-order valence-electron chi connectivity index (χ3n) is 4.76. The molecule has 0 fully saturated rings. The van der Waals surface area contributed by atoms with Crippen LogP contribution in [-0.4, -0.2) is 35.7 Å². The number of ether oxygens (including phenoxy) is 3. The van der Waals surface area contributed by atoms with E-state index in [1.165, 1.54) is 69.9 Å². The van der Waals surface area contributed by atoms with Crippen LogP contribution in [0, 0.1) is 0 Å². The van der Waals surface area contributed by atoms with E-state index in [9.17, 15) is 13.2 Å². The van der Waals surface area contributed by atoms with Crippen molar-refractivity contribution in [1.82, 2.24) is 0 Å². The summed E-state index contributed by atoms with van der Waals surface area (Å²) in [5.41, 5.74) is 1.21. The predicted molar refractivity (Wildman–Crippen MR) is 137 cm³/mol. The molecule has 0 aliphatic rings. The first kappa shape index (κ1) is 26.2. The fourth-order valence-electron chi connectivity index (χ4n) is 3.10. The molecule has 0 saturated carbocycles. The average molecular weight is 537 g/mol. The second-order valence-electron chi connectivity index (χ2n) is 7.00. The number of nitrogens with one attached hydrogen (secondary N) is 2. The van der Waals surface area contributed by atoms with Crippen LogP contribution in [0.15, 0.2) is 65.6 Å². The summed E-state index contributed by atoms with van der Waals surface area (Å²) in [6, 6.07) is 13.5. The molecule has 0 atom stereocenters. The number of amides is 1. The highest BCUT2D eigenvalue weighted by Crippen LogP contribution is 2.40. The molecule has 0 radical (unpaired) electrons. The number of anilines is 2. The largest absolute Gasteiger partial charge is 0.493 e. The quantitative estimate of drug-likeness (QED) is 0.351. The molecule has 0 heterocycles. The van der Waals surface area contributed by atoms with E-state index < -0.39 is 15.9 Å². The second-order valence-corrected chi connectivity index (χ2v) is 9.53. The maximum atomic E-state index is 12.7. The molecule has 0 aliphatic heterocycles. The van der Waals surface area contributed by atoms with Crippen LogP contribution >= 0.6 is 23.2 Å².